The summed E-state index contributed by atoms with van der Waals surface area (Å²) in [5.41, 5.74) is 1.92. The van der Waals surface area contributed by atoms with E-state index in [1.54, 1.807) is 9.80 Å². The van der Waals surface area contributed by atoms with Crippen molar-refractivity contribution in [3.05, 3.63) is 71.8 Å². The van der Waals surface area contributed by atoms with Crippen molar-refractivity contribution in [1.29, 1.82) is 0 Å². The van der Waals surface area contributed by atoms with Crippen LogP contribution in [0.5, 0.6) is 0 Å². The summed E-state index contributed by atoms with van der Waals surface area (Å²) in [6, 6.07) is 18.8. The van der Waals surface area contributed by atoms with E-state index in [1.807, 2.05) is 60.7 Å². The molecule has 0 N–H and O–H groups in total. The summed E-state index contributed by atoms with van der Waals surface area (Å²) < 4.78 is 5.78. The van der Waals surface area contributed by atoms with Gasteiger partial charge in [0.1, 0.15) is 12.6 Å². The van der Waals surface area contributed by atoms with Crippen molar-refractivity contribution in [2.75, 3.05) is 13.2 Å². The van der Waals surface area contributed by atoms with E-state index in [0.29, 0.717) is 6.54 Å². The van der Waals surface area contributed by atoms with Gasteiger partial charge in [0, 0.05) is 12.1 Å². The van der Waals surface area contributed by atoms with Gasteiger partial charge in [0.15, 0.2) is 6.23 Å². The zero-order valence-electron chi connectivity index (χ0n) is 13.2. The number of piperazine rings is 1. The molecule has 2 aromatic rings. The SMILES string of the molecule is O=C1[C@@H]2CO[C@@H](c3ccccc3)N2C(=O)CN1Cc1ccccc1. The van der Waals surface area contributed by atoms with Gasteiger partial charge in [-0.05, 0) is 5.56 Å². The average Bonchev–Trinajstić information content (AvgIpc) is 3.07. The predicted molar refractivity (Wildman–Crippen MR) is 87.6 cm³/mol. The van der Waals surface area contributed by atoms with Crippen LogP contribution >= 0.6 is 0 Å². The molecular weight excluding hydrogens is 304 g/mol. The van der Waals surface area contributed by atoms with Gasteiger partial charge >= 0.3 is 0 Å². The van der Waals surface area contributed by atoms with Crippen LogP contribution in [0.15, 0.2) is 60.7 Å². The fourth-order valence-corrected chi connectivity index (χ4v) is 3.35. The maximum Gasteiger partial charge on any atom is 0.248 e. The van der Waals surface area contributed by atoms with Crippen LogP contribution < -0.4 is 0 Å². The van der Waals surface area contributed by atoms with Crippen molar-refractivity contribution in [2.24, 2.45) is 0 Å². The molecule has 0 spiro atoms. The molecule has 2 saturated heterocycles. The second-order valence-corrected chi connectivity index (χ2v) is 6.09. The highest BCUT2D eigenvalue weighted by molar-refractivity contribution is 5.95. The Hall–Kier alpha value is -2.66. The molecule has 2 aromatic carbocycles. The lowest BCUT2D eigenvalue weighted by atomic mass is 10.1. The molecule has 0 bridgehead atoms. The number of nitrogens with zero attached hydrogens (tertiary/aromatic N) is 2. The lowest BCUT2D eigenvalue weighted by Crippen LogP contribution is -2.58. The molecular formula is C19H18N2O3. The predicted octanol–water partition coefficient (Wildman–Crippen LogP) is 1.95. The third-order valence-electron chi connectivity index (χ3n) is 4.51. The van der Waals surface area contributed by atoms with E-state index in [1.165, 1.54) is 0 Å². The number of rotatable bonds is 3. The van der Waals surface area contributed by atoms with Crippen molar-refractivity contribution < 1.29 is 14.3 Å². The lowest BCUT2D eigenvalue weighted by molar-refractivity contribution is -0.157. The highest BCUT2D eigenvalue weighted by Crippen LogP contribution is 2.34. The van der Waals surface area contributed by atoms with Crippen LogP contribution in [0, 0.1) is 0 Å². The highest BCUT2D eigenvalue weighted by atomic mass is 16.5. The molecule has 2 amide bonds. The molecule has 2 fully saturated rings. The first-order valence-electron chi connectivity index (χ1n) is 8.04. The quantitative estimate of drug-likeness (QED) is 0.868. The fraction of sp³-hybridized carbons (Fsp3) is 0.263. The number of ether oxygens (including phenoxy) is 1. The van der Waals surface area contributed by atoms with Gasteiger partial charge in [0.2, 0.25) is 11.8 Å². The minimum Gasteiger partial charge on any atom is -0.351 e. The molecule has 4 rings (SSSR count). The summed E-state index contributed by atoms with van der Waals surface area (Å²) in [4.78, 5) is 28.7. The Morgan fingerprint density at radius 3 is 2.33 bits per heavy atom. The number of carbonyl (C=O) groups is 2. The largest absolute Gasteiger partial charge is 0.351 e. The zero-order valence-corrected chi connectivity index (χ0v) is 13.2. The van der Waals surface area contributed by atoms with E-state index in [-0.39, 0.29) is 25.0 Å². The Morgan fingerprint density at radius 1 is 0.958 bits per heavy atom. The van der Waals surface area contributed by atoms with Gasteiger partial charge in [-0.15, -0.1) is 0 Å². The van der Waals surface area contributed by atoms with Crippen LogP contribution in [-0.4, -0.2) is 40.8 Å². The smallest absolute Gasteiger partial charge is 0.248 e. The van der Waals surface area contributed by atoms with Crippen LogP contribution in [0.4, 0.5) is 0 Å². The standard InChI is InChI=1S/C19H18N2O3/c22-17-12-20(11-14-7-3-1-4-8-14)18(23)16-13-24-19(21(16)17)15-9-5-2-6-10-15/h1-10,16,19H,11-13H2/t16-,19-/m0/s1. The lowest BCUT2D eigenvalue weighted by Gasteiger charge is -2.37. The van der Waals surface area contributed by atoms with Crippen LogP contribution in [0.1, 0.15) is 17.4 Å². The molecule has 0 unspecified atom stereocenters. The van der Waals surface area contributed by atoms with Gasteiger partial charge in [-0.1, -0.05) is 60.7 Å². The zero-order chi connectivity index (χ0) is 16.5. The van der Waals surface area contributed by atoms with Gasteiger partial charge in [0.05, 0.1) is 6.61 Å². The summed E-state index contributed by atoms with van der Waals surface area (Å²) in [6.45, 7) is 0.790. The van der Waals surface area contributed by atoms with E-state index >= 15 is 0 Å². The van der Waals surface area contributed by atoms with Gasteiger partial charge in [-0.2, -0.15) is 0 Å². The van der Waals surface area contributed by atoms with Crippen molar-refractivity contribution in [3.8, 4) is 0 Å². The van der Waals surface area contributed by atoms with Crippen LogP contribution in [0.2, 0.25) is 0 Å². The summed E-state index contributed by atoms with van der Waals surface area (Å²) in [6.07, 6.45) is -0.466. The van der Waals surface area contributed by atoms with Crippen molar-refractivity contribution in [3.63, 3.8) is 0 Å². The van der Waals surface area contributed by atoms with Gasteiger partial charge in [-0.25, -0.2) is 0 Å². The van der Waals surface area contributed by atoms with Crippen LogP contribution in [0.25, 0.3) is 0 Å². The number of amides is 2. The molecule has 2 atom stereocenters. The second kappa shape index (κ2) is 6.09. The number of hydrogen-bond donors (Lipinski definition) is 0. The first-order chi connectivity index (χ1) is 11.7. The Balaban J connectivity index is 1.55. The highest BCUT2D eigenvalue weighted by Gasteiger charge is 2.48. The Bertz CT molecular complexity index is 748. The molecule has 24 heavy (non-hydrogen) atoms. The van der Waals surface area contributed by atoms with Gasteiger partial charge in [-0.3, -0.25) is 14.5 Å². The van der Waals surface area contributed by atoms with Gasteiger partial charge < -0.3 is 9.64 Å². The van der Waals surface area contributed by atoms with Crippen molar-refractivity contribution in [2.45, 2.75) is 18.8 Å². The Kier molecular flexibility index (Phi) is 3.78. The Morgan fingerprint density at radius 2 is 1.62 bits per heavy atom. The average molecular weight is 322 g/mol. The van der Waals surface area contributed by atoms with E-state index in [0.717, 1.165) is 11.1 Å². The third kappa shape index (κ3) is 2.57. The van der Waals surface area contributed by atoms with Gasteiger partial charge in [0.25, 0.3) is 0 Å². The molecule has 0 saturated carbocycles. The fourth-order valence-electron chi connectivity index (χ4n) is 3.35. The minimum atomic E-state index is -0.528. The molecule has 0 aliphatic carbocycles. The second-order valence-electron chi connectivity index (χ2n) is 6.09. The summed E-state index contributed by atoms with van der Waals surface area (Å²) in [5, 5.41) is 0. The Labute approximate surface area is 140 Å². The van der Waals surface area contributed by atoms with Crippen molar-refractivity contribution >= 4 is 11.8 Å². The number of hydrogen-bond acceptors (Lipinski definition) is 3. The number of benzene rings is 2. The molecule has 122 valence electrons. The minimum absolute atomic E-state index is 0.0446. The molecule has 0 radical (unpaired) electrons. The van der Waals surface area contributed by atoms with Crippen molar-refractivity contribution in [1.82, 2.24) is 9.80 Å². The normalized spacial score (nSPS) is 23.5. The van der Waals surface area contributed by atoms with E-state index in [9.17, 15) is 9.59 Å². The van der Waals surface area contributed by atoms with Crippen LogP contribution in [-0.2, 0) is 20.9 Å². The topological polar surface area (TPSA) is 49.9 Å². The maximum atomic E-state index is 12.8. The van der Waals surface area contributed by atoms with Crippen LogP contribution in [0.3, 0.4) is 0 Å². The molecule has 2 aliphatic rings. The summed E-state index contributed by atoms with van der Waals surface area (Å²) in [7, 11) is 0. The van der Waals surface area contributed by atoms with E-state index < -0.39 is 12.3 Å². The molecule has 2 heterocycles. The molecule has 0 aromatic heterocycles. The molecule has 5 nitrogen and oxygen atoms in total. The maximum absolute atomic E-state index is 12.8. The monoisotopic (exact) mass is 322 g/mol. The third-order valence-corrected chi connectivity index (χ3v) is 4.51. The summed E-state index contributed by atoms with van der Waals surface area (Å²) in [5.74, 6) is -0.112. The number of carbonyl (C=O) groups excluding carboxylic acids is 2. The van der Waals surface area contributed by atoms with E-state index in [4.69, 9.17) is 4.74 Å². The van der Waals surface area contributed by atoms with E-state index in [2.05, 4.69) is 0 Å². The molecule has 5 heteroatoms. The number of fused-ring (bicyclic) bond motifs is 1. The first kappa shape index (κ1) is 14.9. The summed E-state index contributed by atoms with van der Waals surface area (Å²) >= 11 is 0. The first-order valence-corrected chi connectivity index (χ1v) is 8.04. The molecule has 2 aliphatic heterocycles.